The topological polar surface area (TPSA) is 15.3 Å². The molecule has 104 valence electrons. The van der Waals surface area contributed by atoms with Gasteiger partial charge in [-0.2, -0.15) is 11.8 Å². The van der Waals surface area contributed by atoms with E-state index in [-0.39, 0.29) is 0 Å². The summed E-state index contributed by atoms with van der Waals surface area (Å²) in [6.07, 6.45) is 3.94. The molecule has 0 amide bonds. The molecular weight excluding hydrogens is 252 g/mol. The van der Waals surface area contributed by atoms with Crippen molar-refractivity contribution < 1.29 is 0 Å². The minimum Gasteiger partial charge on any atom is -0.314 e. The van der Waals surface area contributed by atoms with Crippen molar-refractivity contribution in [2.45, 2.75) is 31.8 Å². The minimum absolute atomic E-state index is 0.825. The highest BCUT2D eigenvalue weighted by Crippen LogP contribution is 2.19. The van der Waals surface area contributed by atoms with E-state index in [1.807, 2.05) is 0 Å². The molecule has 0 bridgehead atoms. The average molecular weight is 276 g/mol. The normalized spacial score (nSPS) is 20.6. The predicted molar refractivity (Wildman–Crippen MR) is 83.8 cm³/mol. The second-order valence-electron chi connectivity index (χ2n) is 5.64. The fourth-order valence-electron chi connectivity index (χ4n) is 2.65. The molecule has 1 aromatic carbocycles. The molecule has 2 nitrogen and oxygen atoms in total. The zero-order valence-corrected chi connectivity index (χ0v) is 12.4. The van der Waals surface area contributed by atoms with Crippen molar-refractivity contribution in [3.8, 4) is 0 Å². The molecule has 1 aliphatic heterocycles. The van der Waals surface area contributed by atoms with Crippen molar-refractivity contribution in [3.63, 3.8) is 0 Å². The van der Waals surface area contributed by atoms with Crippen LogP contribution in [0.5, 0.6) is 0 Å². The maximum Gasteiger partial charge on any atom is 0.0237 e. The third kappa shape index (κ3) is 4.23. The summed E-state index contributed by atoms with van der Waals surface area (Å²) in [4.78, 5) is 2.60. The Bertz CT molecular complexity index is 397. The zero-order valence-electron chi connectivity index (χ0n) is 11.6. The zero-order chi connectivity index (χ0) is 12.9. The Morgan fingerprint density at radius 1 is 1.11 bits per heavy atom. The van der Waals surface area contributed by atoms with Gasteiger partial charge < -0.3 is 5.32 Å². The molecule has 1 saturated heterocycles. The molecule has 3 heteroatoms. The van der Waals surface area contributed by atoms with Gasteiger partial charge in [-0.25, -0.2) is 0 Å². The van der Waals surface area contributed by atoms with Crippen LogP contribution in [0.3, 0.4) is 0 Å². The van der Waals surface area contributed by atoms with E-state index in [1.54, 1.807) is 0 Å². The lowest BCUT2D eigenvalue weighted by Crippen LogP contribution is -2.32. The van der Waals surface area contributed by atoms with Crippen molar-refractivity contribution in [1.82, 2.24) is 10.2 Å². The van der Waals surface area contributed by atoms with E-state index in [9.17, 15) is 0 Å². The molecule has 1 heterocycles. The standard InChI is InChI=1S/C16H24N2S/c1-2-4-15(13-18-9-11-19-12-10-18)14(3-1)7-8-17-16-5-6-16/h1-4,16-17H,5-13H2. The van der Waals surface area contributed by atoms with Crippen LogP contribution in [-0.2, 0) is 13.0 Å². The van der Waals surface area contributed by atoms with Crippen molar-refractivity contribution >= 4 is 11.8 Å². The molecule has 1 saturated carbocycles. The number of hydrogen-bond donors (Lipinski definition) is 1. The third-order valence-corrected chi connectivity index (χ3v) is 4.96. The second kappa shape index (κ2) is 6.78. The Balaban J connectivity index is 1.55. The Morgan fingerprint density at radius 2 is 1.84 bits per heavy atom. The van der Waals surface area contributed by atoms with Crippen LogP contribution in [-0.4, -0.2) is 42.1 Å². The first kappa shape index (κ1) is 13.5. The molecule has 0 spiro atoms. The van der Waals surface area contributed by atoms with Gasteiger partial charge in [0, 0.05) is 37.2 Å². The summed E-state index contributed by atoms with van der Waals surface area (Å²) in [6.45, 7) is 4.77. The molecule has 1 aliphatic carbocycles. The van der Waals surface area contributed by atoms with Gasteiger partial charge in [0.1, 0.15) is 0 Å². The maximum atomic E-state index is 3.62. The first-order chi connectivity index (χ1) is 9.42. The van der Waals surface area contributed by atoms with Crippen LogP contribution in [0.1, 0.15) is 24.0 Å². The van der Waals surface area contributed by atoms with Gasteiger partial charge in [-0.3, -0.25) is 4.90 Å². The summed E-state index contributed by atoms with van der Waals surface area (Å²) in [5.74, 6) is 2.59. The van der Waals surface area contributed by atoms with Crippen molar-refractivity contribution in [2.24, 2.45) is 0 Å². The molecule has 0 radical (unpaired) electrons. The first-order valence-corrected chi connectivity index (χ1v) is 8.67. The van der Waals surface area contributed by atoms with Crippen LogP contribution < -0.4 is 5.32 Å². The van der Waals surface area contributed by atoms with Crippen LogP contribution in [0.15, 0.2) is 24.3 Å². The third-order valence-electron chi connectivity index (χ3n) is 4.02. The quantitative estimate of drug-likeness (QED) is 0.859. The van der Waals surface area contributed by atoms with Gasteiger partial charge in [-0.15, -0.1) is 0 Å². The lowest BCUT2D eigenvalue weighted by molar-refractivity contribution is 0.293. The van der Waals surface area contributed by atoms with E-state index >= 15 is 0 Å². The largest absolute Gasteiger partial charge is 0.314 e. The molecular formula is C16H24N2S. The van der Waals surface area contributed by atoms with Gasteiger partial charge in [-0.05, 0) is 36.9 Å². The minimum atomic E-state index is 0.825. The molecule has 0 aromatic heterocycles. The number of thioether (sulfide) groups is 1. The van der Waals surface area contributed by atoms with Crippen LogP contribution in [0.4, 0.5) is 0 Å². The average Bonchev–Trinajstić information content (AvgIpc) is 3.26. The highest BCUT2D eigenvalue weighted by molar-refractivity contribution is 7.99. The summed E-state index contributed by atoms with van der Waals surface area (Å²) < 4.78 is 0. The summed E-state index contributed by atoms with van der Waals surface area (Å²) in [6, 6.07) is 9.82. The van der Waals surface area contributed by atoms with E-state index < -0.39 is 0 Å². The van der Waals surface area contributed by atoms with Gasteiger partial charge in [0.15, 0.2) is 0 Å². The summed E-state index contributed by atoms with van der Waals surface area (Å²) in [5.41, 5.74) is 3.07. The molecule has 0 atom stereocenters. The first-order valence-electron chi connectivity index (χ1n) is 7.52. The lowest BCUT2D eigenvalue weighted by Gasteiger charge is -2.27. The monoisotopic (exact) mass is 276 g/mol. The second-order valence-corrected chi connectivity index (χ2v) is 6.86. The Labute approximate surface area is 121 Å². The summed E-state index contributed by atoms with van der Waals surface area (Å²) in [5, 5.41) is 3.62. The molecule has 3 rings (SSSR count). The molecule has 2 aliphatic rings. The summed E-state index contributed by atoms with van der Waals surface area (Å²) >= 11 is 2.09. The van der Waals surface area contributed by atoms with Gasteiger partial charge in [-0.1, -0.05) is 24.3 Å². The highest BCUT2D eigenvalue weighted by atomic mass is 32.2. The maximum absolute atomic E-state index is 3.62. The van der Waals surface area contributed by atoms with E-state index in [0.29, 0.717) is 0 Å². The Kier molecular flexibility index (Phi) is 4.81. The number of rotatable bonds is 6. The molecule has 1 aromatic rings. The van der Waals surface area contributed by atoms with Crippen molar-refractivity contribution in [3.05, 3.63) is 35.4 Å². The Hall–Kier alpha value is -0.510. The molecule has 2 fully saturated rings. The molecule has 19 heavy (non-hydrogen) atoms. The van der Waals surface area contributed by atoms with Gasteiger partial charge >= 0.3 is 0 Å². The van der Waals surface area contributed by atoms with Crippen LogP contribution in [0.25, 0.3) is 0 Å². The Morgan fingerprint density at radius 3 is 2.58 bits per heavy atom. The van der Waals surface area contributed by atoms with Crippen LogP contribution in [0.2, 0.25) is 0 Å². The van der Waals surface area contributed by atoms with Crippen LogP contribution >= 0.6 is 11.8 Å². The van der Waals surface area contributed by atoms with Crippen LogP contribution in [0, 0.1) is 0 Å². The van der Waals surface area contributed by atoms with Crippen molar-refractivity contribution in [1.29, 1.82) is 0 Å². The predicted octanol–water partition coefficient (Wildman–Crippen LogP) is 2.53. The van der Waals surface area contributed by atoms with Gasteiger partial charge in [0.25, 0.3) is 0 Å². The fraction of sp³-hybridized carbons (Fsp3) is 0.625. The number of nitrogens with one attached hydrogen (secondary N) is 1. The van der Waals surface area contributed by atoms with Gasteiger partial charge in [0.05, 0.1) is 0 Å². The summed E-state index contributed by atoms with van der Waals surface area (Å²) in [7, 11) is 0. The smallest absolute Gasteiger partial charge is 0.0237 e. The van der Waals surface area contributed by atoms with E-state index in [1.165, 1.54) is 55.0 Å². The molecule has 1 N–H and O–H groups in total. The number of benzene rings is 1. The van der Waals surface area contributed by atoms with Gasteiger partial charge in [0.2, 0.25) is 0 Å². The van der Waals surface area contributed by atoms with E-state index in [0.717, 1.165) is 19.1 Å². The molecule has 0 unspecified atom stereocenters. The lowest BCUT2D eigenvalue weighted by atomic mass is 10.0. The highest BCUT2D eigenvalue weighted by Gasteiger charge is 2.20. The number of nitrogens with zero attached hydrogens (tertiary/aromatic N) is 1. The fourth-order valence-corrected chi connectivity index (χ4v) is 3.63. The van der Waals surface area contributed by atoms with E-state index in [2.05, 4.69) is 46.2 Å². The SMILES string of the molecule is c1ccc(CN2CCSCC2)c(CCNC2CC2)c1. The number of hydrogen-bond acceptors (Lipinski definition) is 3. The van der Waals surface area contributed by atoms with E-state index in [4.69, 9.17) is 0 Å². The van der Waals surface area contributed by atoms with Crippen molar-refractivity contribution in [2.75, 3.05) is 31.1 Å².